The highest BCUT2D eigenvalue weighted by Gasteiger charge is 2.51. The van der Waals surface area contributed by atoms with Gasteiger partial charge in [0.1, 0.15) is 0 Å². The van der Waals surface area contributed by atoms with Crippen LogP contribution in [0.5, 0.6) is 0 Å². The molecule has 98 valence electrons. The van der Waals surface area contributed by atoms with E-state index in [1.54, 1.807) is 12.1 Å². The maximum Gasteiger partial charge on any atom is 0.254 e. The third kappa shape index (κ3) is 2.35. The number of hydrogen-bond donors (Lipinski definition) is 1. The van der Waals surface area contributed by atoms with E-state index in [0.29, 0.717) is 10.6 Å². The number of halogens is 2. The van der Waals surface area contributed by atoms with Gasteiger partial charge in [-0.2, -0.15) is 0 Å². The molecule has 1 aromatic rings. The molecule has 18 heavy (non-hydrogen) atoms. The molecule has 1 aliphatic carbocycles. The topological polar surface area (TPSA) is 32.3 Å². The van der Waals surface area contributed by atoms with Crippen molar-refractivity contribution in [3.05, 3.63) is 34.9 Å². The Hall–Kier alpha value is -0.770. The molecule has 3 nitrogen and oxygen atoms in total. The van der Waals surface area contributed by atoms with Gasteiger partial charge in [-0.15, -0.1) is 12.4 Å². The van der Waals surface area contributed by atoms with Crippen molar-refractivity contribution in [2.75, 3.05) is 19.6 Å². The number of carbonyl (C=O) groups is 1. The lowest BCUT2D eigenvalue weighted by Gasteiger charge is -2.36. The number of nitrogens with zero attached hydrogens (tertiary/aromatic N) is 1. The lowest BCUT2D eigenvalue weighted by molar-refractivity contribution is 0.0600. The Labute approximate surface area is 118 Å². The van der Waals surface area contributed by atoms with Crippen molar-refractivity contribution in [3.8, 4) is 0 Å². The first-order chi connectivity index (χ1) is 8.21. The molecule has 0 bridgehead atoms. The normalized spacial score (nSPS) is 20.4. The van der Waals surface area contributed by atoms with Crippen molar-refractivity contribution in [1.29, 1.82) is 0 Å². The molecule has 1 saturated heterocycles. The molecule has 0 atom stereocenters. The fraction of sp³-hybridized carbons (Fsp3) is 0.462. The molecule has 1 aliphatic heterocycles. The van der Waals surface area contributed by atoms with Gasteiger partial charge < -0.3 is 10.2 Å². The van der Waals surface area contributed by atoms with E-state index < -0.39 is 0 Å². The number of nitrogens with one attached hydrogen (secondary N) is 1. The minimum Gasteiger partial charge on any atom is -0.330 e. The van der Waals surface area contributed by atoms with E-state index in [1.165, 1.54) is 0 Å². The quantitative estimate of drug-likeness (QED) is 0.860. The highest BCUT2D eigenvalue weighted by atomic mass is 35.5. The van der Waals surface area contributed by atoms with Gasteiger partial charge in [-0.3, -0.25) is 4.79 Å². The highest BCUT2D eigenvalue weighted by Crippen LogP contribution is 2.42. The van der Waals surface area contributed by atoms with Gasteiger partial charge in [0.15, 0.2) is 0 Å². The minimum absolute atomic E-state index is 0. The Morgan fingerprint density at radius 2 is 2.17 bits per heavy atom. The van der Waals surface area contributed by atoms with Crippen LogP contribution in [0, 0.1) is 0 Å². The van der Waals surface area contributed by atoms with Crippen LogP contribution in [0.15, 0.2) is 24.3 Å². The summed E-state index contributed by atoms with van der Waals surface area (Å²) in [6.45, 7) is 2.61. The van der Waals surface area contributed by atoms with E-state index in [2.05, 4.69) is 5.32 Å². The number of benzene rings is 1. The van der Waals surface area contributed by atoms with E-state index >= 15 is 0 Å². The van der Waals surface area contributed by atoms with Crippen molar-refractivity contribution in [1.82, 2.24) is 10.2 Å². The Morgan fingerprint density at radius 3 is 2.83 bits per heavy atom. The van der Waals surface area contributed by atoms with E-state index in [1.807, 2.05) is 17.0 Å². The molecular formula is C13H16Cl2N2O. The lowest BCUT2D eigenvalue weighted by atomic mass is 10.1. The van der Waals surface area contributed by atoms with Crippen LogP contribution in [0.1, 0.15) is 23.2 Å². The summed E-state index contributed by atoms with van der Waals surface area (Å²) in [7, 11) is 0. The molecule has 5 heteroatoms. The fourth-order valence-corrected chi connectivity index (χ4v) is 2.72. The molecule has 1 heterocycles. The van der Waals surface area contributed by atoms with Crippen LogP contribution in [-0.4, -0.2) is 36.0 Å². The SMILES string of the molecule is Cl.O=C(c1cccc(Cl)c1)N1CCNCC12CC2. The van der Waals surface area contributed by atoms with Crippen LogP contribution in [0.2, 0.25) is 5.02 Å². The van der Waals surface area contributed by atoms with Gasteiger partial charge in [-0.25, -0.2) is 0 Å². The lowest BCUT2D eigenvalue weighted by Crippen LogP contribution is -2.55. The molecule has 0 unspecified atom stereocenters. The standard InChI is InChI=1S/C13H15ClN2O.ClH/c14-11-3-1-2-10(8-11)12(17)16-7-6-15-9-13(16)4-5-13;/h1-3,8,15H,4-7,9H2;1H. The number of carbonyl (C=O) groups excluding carboxylic acids is 1. The van der Waals surface area contributed by atoms with E-state index in [-0.39, 0.29) is 23.9 Å². The zero-order valence-corrected chi connectivity index (χ0v) is 11.6. The van der Waals surface area contributed by atoms with Crippen LogP contribution in [0.3, 0.4) is 0 Å². The molecule has 1 spiro atoms. The number of amides is 1. The molecule has 1 amide bonds. The van der Waals surface area contributed by atoms with Gasteiger partial charge in [-0.05, 0) is 31.0 Å². The molecular weight excluding hydrogens is 271 g/mol. The molecule has 1 N–H and O–H groups in total. The van der Waals surface area contributed by atoms with Crippen molar-refractivity contribution < 1.29 is 4.79 Å². The molecule has 2 fully saturated rings. The molecule has 1 aromatic carbocycles. The number of hydrogen-bond acceptors (Lipinski definition) is 2. The zero-order chi connectivity index (χ0) is 11.9. The second-order valence-corrected chi connectivity index (χ2v) is 5.30. The van der Waals surface area contributed by atoms with Gasteiger partial charge in [0.2, 0.25) is 0 Å². The first-order valence-electron chi connectivity index (χ1n) is 6.00. The van der Waals surface area contributed by atoms with Gasteiger partial charge in [0.05, 0.1) is 5.54 Å². The molecule has 3 rings (SSSR count). The average molecular weight is 287 g/mol. The Kier molecular flexibility index (Phi) is 3.85. The summed E-state index contributed by atoms with van der Waals surface area (Å²) in [6.07, 6.45) is 2.23. The summed E-state index contributed by atoms with van der Waals surface area (Å²) in [5, 5.41) is 3.99. The van der Waals surface area contributed by atoms with Gasteiger partial charge in [0.25, 0.3) is 5.91 Å². The molecule has 1 saturated carbocycles. The molecule has 2 aliphatic rings. The second-order valence-electron chi connectivity index (χ2n) is 4.87. The Morgan fingerprint density at radius 1 is 1.39 bits per heavy atom. The first-order valence-corrected chi connectivity index (χ1v) is 6.37. The summed E-state index contributed by atoms with van der Waals surface area (Å²) in [4.78, 5) is 14.5. The maximum atomic E-state index is 12.4. The minimum atomic E-state index is 0. The van der Waals surface area contributed by atoms with E-state index in [9.17, 15) is 4.79 Å². The van der Waals surface area contributed by atoms with E-state index in [0.717, 1.165) is 32.5 Å². The number of piperazine rings is 1. The van der Waals surface area contributed by atoms with Crippen LogP contribution in [0.4, 0.5) is 0 Å². The van der Waals surface area contributed by atoms with Gasteiger partial charge in [0, 0.05) is 30.2 Å². The highest BCUT2D eigenvalue weighted by molar-refractivity contribution is 6.30. The van der Waals surface area contributed by atoms with Crippen molar-refractivity contribution in [2.24, 2.45) is 0 Å². The summed E-state index contributed by atoms with van der Waals surface area (Å²) < 4.78 is 0. The van der Waals surface area contributed by atoms with Crippen molar-refractivity contribution >= 4 is 29.9 Å². The second kappa shape index (κ2) is 5.08. The summed E-state index contributed by atoms with van der Waals surface area (Å²) in [5.41, 5.74) is 0.795. The summed E-state index contributed by atoms with van der Waals surface area (Å²) in [5.74, 6) is 0.117. The number of rotatable bonds is 1. The van der Waals surface area contributed by atoms with Crippen LogP contribution < -0.4 is 5.32 Å². The first kappa shape index (κ1) is 13.7. The van der Waals surface area contributed by atoms with Crippen molar-refractivity contribution in [2.45, 2.75) is 18.4 Å². The predicted octanol–water partition coefficient (Wildman–Crippen LogP) is 2.34. The summed E-state index contributed by atoms with van der Waals surface area (Å²) in [6, 6.07) is 7.22. The average Bonchev–Trinajstić information content (AvgIpc) is 3.09. The third-order valence-electron chi connectivity index (χ3n) is 3.68. The fourth-order valence-electron chi connectivity index (χ4n) is 2.53. The molecule has 0 aromatic heterocycles. The van der Waals surface area contributed by atoms with Crippen LogP contribution in [0.25, 0.3) is 0 Å². The predicted molar refractivity (Wildman–Crippen MR) is 74.6 cm³/mol. The Bertz CT molecular complexity index is 460. The smallest absolute Gasteiger partial charge is 0.254 e. The summed E-state index contributed by atoms with van der Waals surface area (Å²) >= 11 is 5.93. The van der Waals surface area contributed by atoms with Gasteiger partial charge >= 0.3 is 0 Å². The van der Waals surface area contributed by atoms with Crippen LogP contribution >= 0.6 is 24.0 Å². The third-order valence-corrected chi connectivity index (χ3v) is 3.92. The monoisotopic (exact) mass is 286 g/mol. The molecule has 0 radical (unpaired) electrons. The van der Waals surface area contributed by atoms with Crippen molar-refractivity contribution in [3.63, 3.8) is 0 Å². The van der Waals surface area contributed by atoms with E-state index in [4.69, 9.17) is 11.6 Å². The zero-order valence-electron chi connectivity index (χ0n) is 9.99. The van der Waals surface area contributed by atoms with Crippen LogP contribution in [-0.2, 0) is 0 Å². The largest absolute Gasteiger partial charge is 0.330 e. The maximum absolute atomic E-state index is 12.4. The van der Waals surface area contributed by atoms with Gasteiger partial charge in [-0.1, -0.05) is 17.7 Å². The Balaban J connectivity index is 0.00000120.